The highest BCUT2D eigenvalue weighted by molar-refractivity contribution is 7.99. The molecule has 1 N–H and O–H groups in total. The number of ether oxygens (including phenoxy) is 2. The van der Waals surface area contributed by atoms with Gasteiger partial charge in [0.05, 0.1) is 5.69 Å². The zero-order valence-electron chi connectivity index (χ0n) is 16.6. The van der Waals surface area contributed by atoms with Crippen LogP contribution in [0.25, 0.3) is 0 Å². The first-order chi connectivity index (χ1) is 13.9. The molecule has 0 saturated heterocycles. The van der Waals surface area contributed by atoms with Crippen LogP contribution in [0, 0.1) is 0 Å². The molecule has 0 aliphatic carbocycles. The molecule has 1 amide bonds. The van der Waals surface area contributed by atoms with Gasteiger partial charge in [-0.25, -0.2) is 4.98 Å². The monoisotopic (exact) mass is 409 g/mol. The molecule has 0 unspecified atom stereocenters. The molecule has 29 heavy (non-hydrogen) atoms. The molecule has 1 aliphatic heterocycles. The predicted octanol–water partition coefficient (Wildman–Crippen LogP) is 4.30. The number of benzene rings is 2. The first-order valence-corrected chi connectivity index (χ1v) is 10.2. The standard InChI is InChI=1S/C22H23N3O3S/c1-22(2)13-15-7-6-9-17(20(15)28-22)27-14-19(26)24-16-8-4-5-10-18(16)29-21-23-11-12-25(21)3/h4-12H,13-14H2,1-3H3,(H,24,26). The summed E-state index contributed by atoms with van der Waals surface area (Å²) in [6.45, 7) is 3.99. The number of carbonyl (C=O) groups excluding carboxylic acids is 1. The average Bonchev–Trinajstić information content (AvgIpc) is 3.22. The van der Waals surface area contributed by atoms with E-state index in [1.807, 2.05) is 74.1 Å². The van der Waals surface area contributed by atoms with Gasteiger partial charge in [0.15, 0.2) is 23.3 Å². The number of hydrogen-bond donors (Lipinski definition) is 1. The number of imidazole rings is 1. The number of hydrogen-bond acceptors (Lipinski definition) is 5. The number of rotatable bonds is 6. The summed E-state index contributed by atoms with van der Waals surface area (Å²) in [6, 6.07) is 13.4. The second-order valence-corrected chi connectivity index (χ2v) is 8.55. The Bertz CT molecular complexity index is 1050. The van der Waals surface area contributed by atoms with E-state index in [0.717, 1.165) is 33.5 Å². The van der Waals surface area contributed by atoms with E-state index >= 15 is 0 Å². The SMILES string of the molecule is Cn1ccnc1Sc1ccccc1NC(=O)COc1cccc2c1OC(C)(C)C2. The fraction of sp³-hybridized carbons (Fsp3) is 0.273. The molecule has 6 nitrogen and oxygen atoms in total. The van der Waals surface area contributed by atoms with E-state index in [-0.39, 0.29) is 18.1 Å². The summed E-state index contributed by atoms with van der Waals surface area (Å²) in [6.07, 6.45) is 4.46. The fourth-order valence-electron chi connectivity index (χ4n) is 3.24. The lowest BCUT2D eigenvalue weighted by Gasteiger charge is -2.18. The number of aryl methyl sites for hydroxylation is 1. The van der Waals surface area contributed by atoms with Crippen molar-refractivity contribution in [3.05, 3.63) is 60.4 Å². The third-order valence-corrected chi connectivity index (χ3v) is 5.70. The average molecular weight is 410 g/mol. The number of anilines is 1. The Kier molecular flexibility index (Phi) is 5.24. The van der Waals surface area contributed by atoms with E-state index in [9.17, 15) is 4.79 Å². The Morgan fingerprint density at radius 3 is 2.90 bits per heavy atom. The van der Waals surface area contributed by atoms with Crippen LogP contribution < -0.4 is 14.8 Å². The van der Waals surface area contributed by atoms with Crippen molar-refractivity contribution in [1.82, 2.24) is 9.55 Å². The number of fused-ring (bicyclic) bond motifs is 1. The molecule has 2 heterocycles. The van der Waals surface area contributed by atoms with E-state index in [0.29, 0.717) is 5.75 Å². The lowest BCUT2D eigenvalue weighted by Crippen LogP contribution is -2.25. The maximum Gasteiger partial charge on any atom is 0.262 e. The van der Waals surface area contributed by atoms with Gasteiger partial charge in [-0.15, -0.1) is 0 Å². The minimum Gasteiger partial charge on any atom is -0.483 e. The van der Waals surface area contributed by atoms with Gasteiger partial charge in [-0.05, 0) is 43.8 Å². The first-order valence-electron chi connectivity index (χ1n) is 9.39. The van der Waals surface area contributed by atoms with Crippen LogP contribution in [0.4, 0.5) is 5.69 Å². The van der Waals surface area contributed by atoms with Gasteiger partial charge in [-0.3, -0.25) is 4.79 Å². The van der Waals surface area contributed by atoms with Gasteiger partial charge in [0, 0.05) is 36.3 Å². The third-order valence-electron chi connectivity index (χ3n) is 4.55. The van der Waals surface area contributed by atoms with Crippen molar-refractivity contribution >= 4 is 23.4 Å². The van der Waals surface area contributed by atoms with Crippen molar-refractivity contribution in [2.75, 3.05) is 11.9 Å². The smallest absolute Gasteiger partial charge is 0.262 e. The van der Waals surface area contributed by atoms with E-state index < -0.39 is 0 Å². The van der Waals surface area contributed by atoms with E-state index in [1.54, 1.807) is 6.20 Å². The maximum atomic E-state index is 12.5. The Labute approximate surface area is 174 Å². The third kappa shape index (κ3) is 4.40. The van der Waals surface area contributed by atoms with Crippen LogP contribution in [-0.4, -0.2) is 27.7 Å². The zero-order chi connectivity index (χ0) is 20.4. The van der Waals surface area contributed by atoms with Gasteiger partial charge < -0.3 is 19.4 Å². The van der Waals surface area contributed by atoms with Crippen LogP contribution in [0.1, 0.15) is 19.4 Å². The zero-order valence-corrected chi connectivity index (χ0v) is 17.5. The molecule has 3 aromatic rings. The number of carbonyl (C=O) groups is 1. The highest BCUT2D eigenvalue weighted by Gasteiger charge is 2.32. The molecule has 0 fully saturated rings. The molecule has 0 radical (unpaired) electrons. The van der Waals surface area contributed by atoms with Crippen LogP contribution in [0.5, 0.6) is 11.5 Å². The van der Waals surface area contributed by atoms with Gasteiger partial charge in [-0.2, -0.15) is 0 Å². The Hall–Kier alpha value is -2.93. The summed E-state index contributed by atoms with van der Waals surface area (Å²) >= 11 is 1.50. The predicted molar refractivity (Wildman–Crippen MR) is 113 cm³/mol. The Balaban J connectivity index is 1.42. The van der Waals surface area contributed by atoms with E-state index in [1.165, 1.54) is 11.8 Å². The van der Waals surface area contributed by atoms with Gasteiger partial charge in [-0.1, -0.05) is 24.3 Å². The lowest BCUT2D eigenvalue weighted by molar-refractivity contribution is -0.118. The topological polar surface area (TPSA) is 65.4 Å². The molecule has 2 aromatic carbocycles. The molecular weight excluding hydrogens is 386 g/mol. The van der Waals surface area contributed by atoms with Crippen LogP contribution in [-0.2, 0) is 18.3 Å². The number of aromatic nitrogens is 2. The van der Waals surface area contributed by atoms with E-state index in [2.05, 4.69) is 10.3 Å². The second kappa shape index (κ2) is 7.83. The quantitative estimate of drug-likeness (QED) is 0.657. The summed E-state index contributed by atoms with van der Waals surface area (Å²) in [4.78, 5) is 17.8. The first kappa shape index (κ1) is 19.4. The molecule has 0 spiro atoms. The minimum atomic E-state index is -0.259. The van der Waals surface area contributed by atoms with Crippen molar-refractivity contribution in [3.63, 3.8) is 0 Å². The van der Waals surface area contributed by atoms with Crippen LogP contribution in [0.3, 0.4) is 0 Å². The fourth-order valence-corrected chi connectivity index (χ4v) is 4.13. The molecule has 0 atom stereocenters. The number of amides is 1. The highest BCUT2D eigenvalue weighted by Crippen LogP contribution is 2.41. The Morgan fingerprint density at radius 2 is 2.10 bits per heavy atom. The van der Waals surface area contributed by atoms with Crippen molar-refractivity contribution in [1.29, 1.82) is 0 Å². The largest absolute Gasteiger partial charge is 0.483 e. The molecule has 1 aromatic heterocycles. The summed E-state index contributed by atoms with van der Waals surface area (Å²) in [5.74, 6) is 1.10. The van der Waals surface area contributed by atoms with Crippen molar-refractivity contribution < 1.29 is 14.3 Å². The van der Waals surface area contributed by atoms with Gasteiger partial charge in [0.25, 0.3) is 5.91 Å². The van der Waals surface area contributed by atoms with Gasteiger partial charge >= 0.3 is 0 Å². The molecule has 0 saturated carbocycles. The lowest BCUT2D eigenvalue weighted by atomic mass is 10.0. The van der Waals surface area contributed by atoms with Crippen LogP contribution in [0.15, 0.2) is 64.9 Å². The van der Waals surface area contributed by atoms with Gasteiger partial charge in [0.2, 0.25) is 0 Å². The number of nitrogens with one attached hydrogen (secondary N) is 1. The van der Waals surface area contributed by atoms with Crippen molar-refractivity contribution in [2.24, 2.45) is 7.05 Å². The summed E-state index contributed by atoms with van der Waals surface area (Å²) in [5.41, 5.74) is 1.57. The normalized spacial score (nSPS) is 14.2. The highest BCUT2D eigenvalue weighted by atomic mass is 32.2. The van der Waals surface area contributed by atoms with E-state index in [4.69, 9.17) is 9.47 Å². The molecule has 0 bridgehead atoms. The van der Waals surface area contributed by atoms with Crippen molar-refractivity contribution in [2.45, 2.75) is 35.9 Å². The van der Waals surface area contributed by atoms with Gasteiger partial charge in [0.1, 0.15) is 5.60 Å². The second-order valence-electron chi connectivity index (χ2n) is 7.54. The maximum absolute atomic E-state index is 12.5. The molecule has 4 rings (SSSR count). The van der Waals surface area contributed by atoms with Crippen LogP contribution in [0.2, 0.25) is 0 Å². The molecule has 150 valence electrons. The minimum absolute atomic E-state index is 0.0956. The van der Waals surface area contributed by atoms with Crippen molar-refractivity contribution in [3.8, 4) is 11.5 Å². The summed E-state index contributed by atoms with van der Waals surface area (Å²) < 4.78 is 13.7. The number of nitrogens with zero attached hydrogens (tertiary/aromatic N) is 2. The summed E-state index contributed by atoms with van der Waals surface area (Å²) in [7, 11) is 1.94. The number of para-hydroxylation sites is 2. The summed E-state index contributed by atoms with van der Waals surface area (Å²) in [5, 5.41) is 3.78. The Morgan fingerprint density at radius 1 is 1.28 bits per heavy atom. The van der Waals surface area contributed by atoms with Crippen LogP contribution >= 0.6 is 11.8 Å². The molecular formula is C22H23N3O3S. The molecule has 1 aliphatic rings. The molecule has 7 heteroatoms.